The molecule has 0 radical (unpaired) electrons. The molecule has 0 spiro atoms. The van der Waals surface area contributed by atoms with Gasteiger partial charge in [0.1, 0.15) is 5.75 Å². The van der Waals surface area contributed by atoms with Crippen molar-refractivity contribution in [2.75, 3.05) is 32.5 Å². The molecule has 2 aromatic carbocycles. The van der Waals surface area contributed by atoms with E-state index in [2.05, 4.69) is 50.0 Å². The summed E-state index contributed by atoms with van der Waals surface area (Å²) in [4.78, 5) is 16.4. The Bertz CT molecular complexity index is 882. The summed E-state index contributed by atoms with van der Waals surface area (Å²) in [5.41, 5.74) is 4.64. The van der Waals surface area contributed by atoms with Crippen LogP contribution < -0.4 is 10.1 Å². The molecule has 0 aliphatic carbocycles. The number of rotatable bonds is 8. The molecule has 1 aliphatic heterocycles. The highest BCUT2D eigenvalue weighted by atomic mass is 32.2. The van der Waals surface area contributed by atoms with E-state index >= 15 is 0 Å². The Morgan fingerprint density at radius 2 is 1.94 bits per heavy atom. The Kier molecular flexibility index (Phi) is 8.44. The first-order chi connectivity index (χ1) is 14.9. The molecule has 1 aliphatic rings. The number of carbonyl (C=O) groups excluding carboxylic acids is 1. The van der Waals surface area contributed by atoms with Gasteiger partial charge in [-0.25, -0.2) is 0 Å². The molecule has 1 saturated heterocycles. The first kappa shape index (κ1) is 23.7. The molecule has 1 heterocycles. The predicted molar refractivity (Wildman–Crippen MR) is 130 cm³/mol. The standard InChI is InChI=1S/C26H36N2O2S/c1-6-31-23-11-9-22(10-12-23)26(29)27-16-21-8-7-15-28(17-21)20(4)24-13-14-25(30-5)19(3)18(24)2/h9-14,20-21H,6-8,15-17H2,1-5H3,(H,27,29). The fraction of sp³-hybridized carbons (Fsp3) is 0.500. The summed E-state index contributed by atoms with van der Waals surface area (Å²) in [5, 5.41) is 3.17. The predicted octanol–water partition coefficient (Wildman–Crippen LogP) is 5.63. The molecule has 2 atom stereocenters. The highest BCUT2D eigenvalue weighted by molar-refractivity contribution is 7.99. The minimum absolute atomic E-state index is 0.0276. The zero-order chi connectivity index (χ0) is 22.4. The van der Waals surface area contributed by atoms with Crippen molar-refractivity contribution in [2.45, 2.75) is 51.5 Å². The van der Waals surface area contributed by atoms with E-state index in [9.17, 15) is 4.79 Å². The normalized spacial score (nSPS) is 17.9. The van der Waals surface area contributed by atoms with E-state index < -0.39 is 0 Å². The number of hydrogen-bond donors (Lipinski definition) is 1. The van der Waals surface area contributed by atoms with Crippen molar-refractivity contribution in [3.05, 3.63) is 58.7 Å². The van der Waals surface area contributed by atoms with Crippen molar-refractivity contribution in [1.82, 2.24) is 10.2 Å². The van der Waals surface area contributed by atoms with Crippen molar-refractivity contribution in [3.8, 4) is 5.75 Å². The zero-order valence-corrected chi connectivity index (χ0v) is 20.3. The Morgan fingerprint density at radius 1 is 1.19 bits per heavy atom. The van der Waals surface area contributed by atoms with Gasteiger partial charge in [0, 0.05) is 29.6 Å². The van der Waals surface area contributed by atoms with Crippen LogP contribution in [0, 0.1) is 19.8 Å². The van der Waals surface area contributed by atoms with Crippen molar-refractivity contribution in [2.24, 2.45) is 5.92 Å². The second-order valence-electron chi connectivity index (χ2n) is 8.45. The van der Waals surface area contributed by atoms with E-state index in [4.69, 9.17) is 4.74 Å². The first-order valence-electron chi connectivity index (χ1n) is 11.3. The topological polar surface area (TPSA) is 41.6 Å². The highest BCUT2D eigenvalue weighted by Crippen LogP contribution is 2.32. The molecule has 4 nitrogen and oxygen atoms in total. The van der Waals surface area contributed by atoms with Crippen LogP contribution in [0.5, 0.6) is 5.75 Å². The quantitative estimate of drug-likeness (QED) is 0.541. The Labute approximate surface area is 191 Å². The number of thioether (sulfide) groups is 1. The van der Waals surface area contributed by atoms with Gasteiger partial charge in [-0.05, 0) is 98.9 Å². The molecule has 5 heteroatoms. The smallest absolute Gasteiger partial charge is 0.251 e. The summed E-state index contributed by atoms with van der Waals surface area (Å²) in [7, 11) is 1.73. The number of nitrogens with zero attached hydrogens (tertiary/aromatic N) is 1. The monoisotopic (exact) mass is 440 g/mol. The first-order valence-corrected chi connectivity index (χ1v) is 12.3. The van der Waals surface area contributed by atoms with Crippen LogP contribution in [0.4, 0.5) is 0 Å². The van der Waals surface area contributed by atoms with Crippen LogP contribution >= 0.6 is 11.8 Å². The highest BCUT2D eigenvalue weighted by Gasteiger charge is 2.26. The molecule has 1 fully saturated rings. The van der Waals surface area contributed by atoms with Gasteiger partial charge >= 0.3 is 0 Å². The number of likely N-dealkylation sites (tertiary alicyclic amines) is 1. The summed E-state index contributed by atoms with van der Waals surface area (Å²) < 4.78 is 5.48. The van der Waals surface area contributed by atoms with Gasteiger partial charge in [0.05, 0.1) is 7.11 Å². The van der Waals surface area contributed by atoms with Crippen LogP contribution in [-0.2, 0) is 0 Å². The van der Waals surface area contributed by atoms with Crippen molar-refractivity contribution < 1.29 is 9.53 Å². The van der Waals surface area contributed by atoms with E-state index in [1.165, 1.54) is 28.0 Å². The zero-order valence-electron chi connectivity index (χ0n) is 19.5. The number of hydrogen-bond acceptors (Lipinski definition) is 4. The van der Waals surface area contributed by atoms with Crippen molar-refractivity contribution >= 4 is 17.7 Å². The van der Waals surface area contributed by atoms with E-state index in [0.29, 0.717) is 12.0 Å². The maximum absolute atomic E-state index is 12.6. The lowest BCUT2D eigenvalue weighted by atomic mass is 9.92. The maximum Gasteiger partial charge on any atom is 0.251 e. The van der Waals surface area contributed by atoms with Gasteiger partial charge in [-0.15, -0.1) is 11.8 Å². The van der Waals surface area contributed by atoms with E-state index in [-0.39, 0.29) is 5.91 Å². The fourth-order valence-electron chi connectivity index (χ4n) is 4.51. The summed E-state index contributed by atoms with van der Waals surface area (Å²) in [6.07, 6.45) is 2.33. The Morgan fingerprint density at radius 3 is 2.61 bits per heavy atom. The molecule has 2 aromatic rings. The lowest BCUT2D eigenvalue weighted by molar-refractivity contribution is 0.0917. The molecule has 1 amide bonds. The summed E-state index contributed by atoms with van der Waals surface area (Å²) in [5.74, 6) is 2.50. The molecular formula is C26H36N2O2S. The van der Waals surface area contributed by atoms with Gasteiger partial charge in [0.25, 0.3) is 5.91 Å². The number of nitrogens with one attached hydrogen (secondary N) is 1. The molecule has 0 bridgehead atoms. The van der Waals surface area contributed by atoms with Crippen molar-refractivity contribution in [1.29, 1.82) is 0 Å². The van der Waals surface area contributed by atoms with Crippen LogP contribution in [0.25, 0.3) is 0 Å². The van der Waals surface area contributed by atoms with Gasteiger partial charge in [-0.3, -0.25) is 9.69 Å². The largest absolute Gasteiger partial charge is 0.496 e. The third-order valence-corrected chi connectivity index (χ3v) is 7.42. The van der Waals surface area contributed by atoms with Crippen LogP contribution in [0.15, 0.2) is 41.3 Å². The van der Waals surface area contributed by atoms with Gasteiger partial charge in [-0.1, -0.05) is 13.0 Å². The third-order valence-electron chi connectivity index (χ3n) is 6.53. The molecule has 1 N–H and O–H groups in total. The lowest BCUT2D eigenvalue weighted by Gasteiger charge is -2.38. The Hall–Kier alpha value is -1.98. The molecule has 2 unspecified atom stereocenters. The molecule has 0 saturated carbocycles. The maximum atomic E-state index is 12.6. The van der Waals surface area contributed by atoms with E-state index in [1.807, 2.05) is 24.3 Å². The molecule has 3 rings (SSSR count). The lowest BCUT2D eigenvalue weighted by Crippen LogP contribution is -2.42. The van der Waals surface area contributed by atoms with Gasteiger partial charge in [-0.2, -0.15) is 0 Å². The number of benzene rings is 2. The van der Waals surface area contributed by atoms with Crippen LogP contribution in [-0.4, -0.2) is 43.3 Å². The summed E-state index contributed by atoms with van der Waals surface area (Å²) in [6, 6.07) is 12.6. The van der Waals surface area contributed by atoms with Crippen LogP contribution in [0.1, 0.15) is 59.8 Å². The minimum Gasteiger partial charge on any atom is -0.496 e. The van der Waals surface area contributed by atoms with E-state index in [1.54, 1.807) is 18.9 Å². The number of piperidine rings is 1. The van der Waals surface area contributed by atoms with Crippen molar-refractivity contribution in [3.63, 3.8) is 0 Å². The SMILES string of the molecule is CCSc1ccc(C(=O)NCC2CCCN(C(C)c3ccc(OC)c(C)c3C)C2)cc1. The number of amides is 1. The molecule has 168 valence electrons. The molecular weight excluding hydrogens is 404 g/mol. The number of carbonyl (C=O) groups is 1. The summed E-state index contributed by atoms with van der Waals surface area (Å²) in [6.45, 7) is 11.6. The van der Waals surface area contributed by atoms with E-state index in [0.717, 1.165) is 43.1 Å². The molecule has 0 aromatic heterocycles. The number of ether oxygens (including phenoxy) is 1. The fourth-order valence-corrected chi connectivity index (χ4v) is 5.17. The molecule has 31 heavy (non-hydrogen) atoms. The summed E-state index contributed by atoms with van der Waals surface area (Å²) >= 11 is 1.79. The van der Waals surface area contributed by atoms with Crippen LogP contribution in [0.2, 0.25) is 0 Å². The van der Waals surface area contributed by atoms with Gasteiger partial charge < -0.3 is 10.1 Å². The minimum atomic E-state index is 0.0276. The second kappa shape index (κ2) is 11.1. The van der Waals surface area contributed by atoms with Crippen LogP contribution in [0.3, 0.4) is 0 Å². The van der Waals surface area contributed by atoms with Gasteiger partial charge in [0.15, 0.2) is 0 Å². The van der Waals surface area contributed by atoms with Gasteiger partial charge in [0.2, 0.25) is 0 Å². The second-order valence-corrected chi connectivity index (χ2v) is 9.79. The Balaban J connectivity index is 1.58. The third kappa shape index (κ3) is 5.83. The average molecular weight is 441 g/mol. The number of methoxy groups -OCH3 is 1. The average Bonchev–Trinajstić information content (AvgIpc) is 2.79.